The van der Waals surface area contributed by atoms with Crippen molar-refractivity contribution in [1.82, 2.24) is 4.98 Å². The van der Waals surface area contributed by atoms with Crippen LogP contribution >= 0.6 is 0 Å². The molecule has 2 aliphatic rings. The molecule has 1 aromatic heterocycles. The van der Waals surface area contributed by atoms with E-state index in [9.17, 15) is 0 Å². The fourth-order valence-electron chi connectivity index (χ4n) is 7.40. The van der Waals surface area contributed by atoms with Crippen LogP contribution in [-0.2, 0) is 6.42 Å². The normalized spacial score (nSPS) is 14.6. The van der Waals surface area contributed by atoms with Crippen LogP contribution in [-0.4, -0.2) is 10.7 Å². The molecule has 0 N–H and O–H groups in total. The molecule has 52 heavy (non-hydrogen) atoms. The molecule has 0 aliphatic heterocycles. The smallest absolute Gasteiger partial charge is 0.0671 e. The number of fused-ring (bicyclic) bond motifs is 2. The van der Waals surface area contributed by atoms with Gasteiger partial charge in [-0.25, -0.2) is 0 Å². The molecule has 0 bridgehead atoms. The summed E-state index contributed by atoms with van der Waals surface area (Å²) in [4.78, 5) is 9.69. The Morgan fingerprint density at radius 2 is 1.46 bits per heavy atom. The highest BCUT2D eigenvalue weighted by molar-refractivity contribution is 6.03. The number of hydrogen-bond donors (Lipinski definition) is 0. The third-order valence-electron chi connectivity index (χ3n) is 10.3. The van der Waals surface area contributed by atoms with Gasteiger partial charge in [-0.3, -0.25) is 9.98 Å². The fourth-order valence-corrected chi connectivity index (χ4v) is 7.40. The summed E-state index contributed by atoms with van der Waals surface area (Å²) in [7, 11) is 0. The van der Waals surface area contributed by atoms with E-state index in [1.807, 2.05) is 18.5 Å². The Kier molecular flexibility index (Phi) is 9.54. The molecule has 6 aromatic rings. The fraction of sp³-hybridized carbons (Fsp3) is 0.120. The van der Waals surface area contributed by atoms with Crippen LogP contribution in [0.5, 0.6) is 0 Å². The lowest BCUT2D eigenvalue weighted by Gasteiger charge is -2.19. The molecule has 0 spiro atoms. The van der Waals surface area contributed by atoms with Crippen LogP contribution in [0.4, 0.5) is 0 Å². The van der Waals surface area contributed by atoms with E-state index < -0.39 is 0 Å². The summed E-state index contributed by atoms with van der Waals surface area (Å²) in [6.45, 7) is 4.39. The first-order valence-electron chi connectivity index (χ1n) is 18.3. The Morgan fingerprint density at radius 1 is 0.692 bits per heavy atom. The summed E-state index contributed by atoms with van der Waals surface area (Å²) in [5, 5.41) is 0. The van der Waals surface area contributed by atoms with Crippen LogP contribution in [0.15, 0.2) is 169 Å². The van der Waals surface area contributed by atoms with E-state index >= 15 is 0 Å². The number of benzene rings is 5. The van der Waals surface area contributed by atoms with Gasteiger partial charge in [-0.15, -0.1) is 0 Å². The van der Waals surface area contributed by atoms with Crippen LogP contribution in [0.1, 0.15) is 77.1 Å². The standard InChI is InChI=1S/C50H42N2/c1-35(37-23-27-41(28-24-37)48-21-9-14-40-13-6-7-20-46(40)48)32-50(42-29-25-38(26-30-42)45-18-11-31-51-34-45)52-36(2)43-16-8-17-44(33-43)49-22-10-15-39-12-4-3-5-19-47(39)49/h4-8,10-13,15-35H,3,9,14H2,1-2H3/b50-32-,52-36+. The maximum absolute atomic E-state index is 5.37. The average Bonchev–Trinajstić information content (AvgIpc) is 3.47. The number of allylic oxidation sites excluding steroid dienone is 4. The van der Waals surface area contributed by atoms with Gasteiger partial charge in [0.05, 0.1) is 5.70 Å². The molecule has 1 unspecified atom stereocenters. The van der Waals surface area contributed by atoms with Gasteiger partial charge in [-0.1, -0.05) is 159 Å². The summed E-state index contributed by atoms with van der Waals surface area (Å²) in [6, 6.07) is 46.1. The van der Waals surface area contributed by atoms with Gasteiger partial charge < -0.3 is 0 Å². The molecule has 0 amide bonds. The maximum Gasteiger partial charge on any atom is 0.0671 e. The lowest BCUT2D eigenvalue weighted by molar-refractivity contribution is 0.964. The largest absolute Gasteiger partial charge is 0.264 e. The van der Waals surface area contributed by atoms with Gasteiger partial charge in [0.25, 0.3) is 0 Å². The van der Waals surface area contributed by atoms with E-state index in [2.05, 4.69) is 177 Å². The van der Waals surface area contributed by atoms with Crippen molar-refractivity contribution < 1.29 is 0 Å². The zero-order valence-corrected chi connectivity index (χ0v) is 29.8. The SMILES string of the molecule is C/C(=N\C(=C/C(C)c1ccc(C2=CCCc3ccccc32)cc1)c1ccc(-c2cccnc2)cc1)c1cccc(-c2cccc3c2C=CCC=C3)c1. The van der Waals surface area contributed by atoms with Gasteiger partial charge in [0, 0.05) is 24.0 Å². The van der Waals surface area contributed by atoms with Gasteiger partial charge >= 0.3 is 0 Å². The minimum atomic E-state index is 0.150. The Labute approximate surface area is 308 Å². The monoisotopic (exact) mass is 670 g/mol. The molecule has 1 heterocycles. The van der Waals surface area contributed by atoms with E-state index in [4.69, 9.17) is 4.99 Å². The number of rotatable bonds is 8. The van der Waals surface area contributed by atoms with Gasteiger partial charge in [0.1, 0.15) is 0 Å². The Balaban J connectivity index is 1.14. The zero-order valence-electron chi connectivity index (χ0n) is 29.8. The molecule has 252 valence electrons. The number of aliphatic imine (C=N–C) groups is 1. The third-order valence-corrected chi connectivity index (χ3v) is 10.3. The molecular weight excluding hydrogens is 629 g/mol. The Bertz CT molecular complexity index is 2370. The minimum Gasteiger partial charge on any atom is -0.264 e. The predicted octanol–water partition coefficient (Wildman–Crippen LogP) is 12.9. The van der Waals surface area contributed by atoms with Gasteiger partial charge in [-0.2, -0.15) is 0 Å². The quantitative estimate of drug-likeness (QED) is 0.148. The molecule has 2 nitrogen and oxygen atoms in total. The Morgan fingerprint density at radius 3 is 2.31 bits per heavy atom. The van der Waals surface area contributed by atoms with Crippen LogP contribution in [0.3, 0.4) is 0 Å². The van der Waals surface area contributed by atoms with Crippen molar-refractivity contribution in [1.29, 1.82) is 0 Å². The second-order valence-electron chi connectivity index (χ2n) is 13.7. The van der Waals surface area contributed by atoms with E-state index in [0.717, 1.165) is 52.9 Å². The third kappa shape index (κ3) is 7.06. The number of nitrogens with zero attached hydrogens (tertiary/aromatic N) is 2. The second-order valence-corrected chi connectivity index (χ2v) is 13.7. The van der Waals surface area contributed by atoms with E-state index in [-0.39, 0.29) is 5.92 Å². The highest BCUT2D eigenvalue weighted by Crippen LogP contribution is 2.34. The molecule has 0 saturated heterocycles. The molecule has 1 atom stereocenters. The van der Waals surface area contributed by atoms with Crippen LogP contribution in [0, 0.1) is 0 Å². The molecule has 2 heteroatoms. The predicted molar refractivity (Wildman–Crippen MR) is 221 cm³/mol. The number of aryl methyl sites for hydroxylation is 1. The Hall–Kier alpha value is -6.12. The average molecular weight is 671 g/mol. The van der Waals surface area contributed by atoms with Crippen molar-refractivity contribution in [3.05, 3.63) is 209 Å². The van der Waals surface area contributed by atoms with Crippen molar-refractivity contribution in [2.75, 3.05) is 0 Å². The van der Waals surface area contributed by atoms with Crippen LogP contribution < -0.4 is 0 Å². The molecular formula is C50H42N2. The highest BCUT2D eigenvalue weighted by Gasteiger charge is 2.15. The van der Waals surface area contributed by atoms with Crippen molar-refractivity contribution in [2.45, 2.75) is 39.0 Å². The van der Waals surface area contributed by atoms with E-state index in [1.54, 1.807) is 0 Å². The number of hydrogen-bond acceptors (Lipinski definition) is 2. The van der Waals surface area contributed by atoms with Gasteiger partial charge in [-0.05, 0) is 111 Å². The van der Waals surface area contributed by atoms with Crippen molar-refractivity contribution >= 4 is 29.1 Å². The van der Waals surface area contributed by atoms with Crippen molar-refractivity contribution in [3.8, 4) is 22.3 Å². The summed E-state index contributed by atoms with van der Waals surface area (Å²) < 4.78 is 0. The van der Waals surface area contributed by atoms with Gasteiger partial charge in [0.2, 0.25) is 0 Å². The minimum absolute atomic E-state index is 0.150. The first-order valence-corrected chi connectivity index (χ1v) is 18.3. The first-order chi connectivity index (χ1) is 25.6. The van der Waals surface area contributed by atoms with Crippen LogP contribution in [0.2, 0.25) is 0 Å². The van der Waals surface area contributed by atoms with Crippen molar-refractivity contribution in [2.24, 2.45) is 4.99 Å². The molecule has 0 radical (unpaired) electrons. The number of pyridine rings is 1. The van der Waals surface area contributed by atoms with E-state index in [0.29, 0.717) is 0 Å². The number of aromatic nitrogens is 1. The second kappa shape index (κ2) is 15.0. The summed E-state index contributed by atoms with van der Waals surface area (Å²) in [5.41, 5.74) is 18.0. The summed E-state index contributed by atoms with van der Waals surface area (Å²) in [6.07, 6.45) is 20.5. The topological polar surface area (TPSA) is 25.2 Å². The summed E-state index contributed by atoms with van der Waals surface area (Å²) >= 11 is 0. The van der Waals surface area contributed by atoms with Gasteiger partial charge in [0.15, 0.2) is 0 Å². The lowest BCUT2D eigenvalue weighted by atomic mass is 9.86. The highest BCUT2D eigenvalue weighted by atomic mass is 14.8. The zero-order chi connectivity index (χ0) is 35.3. The van der Waals surface area contributed by atoms with E-state index in [1.165, 1.54) is 50.1 Å². The summed E-state index contributed by atoms with van der Waals surface area (Å²) in [5.74, 6) is 0.150. The van der Waals surface area contributed by atoms with Crippen molar-refractivity contribution in [3.63, 3.8) is 0 Å². The van der Waals surface area contributed by atoms with Crippen LogP contribution in [0.25, 0.3) is 45.7 Å². The lowest BCUT2D eigenvalue weighted by Crippen LogP contribution is -2.01. The first kappa shape index (κ1) is 33.0. The molecule has 0 fully saturated rings. The molecule has 8 rings (SSSR count). The maximum atomic E-state index is 5.37. The molecule has 5 aromatic carbocycles. The molecule has 0 saturated carbocycles. The molecule has 2 aliphatic carbocycles.